The van der Waals surface area contributed by atoms with Crippen molar-refractivity contribution >= 4 is 55.6 Å². The van der Waals surface area contributed by atoms with Crippen LogP contribution in [0, 0.1) is 0 Å². The van der Waals surface area contributed by atoms with Gasteiger partial charge in [0.15, 0.2) is 5.69 Å². The average molecular weight is 462 g/mol. The average Bonchev–Trinajstić information content (AvgIpc) is 2.97. The Hall–Kier alpha value is -3.35. The van der Waals surface area contributed by atoms with E-state index in [-0.39, 0.29) is 40.4 Å². The van der Waals surface area contributed by atoms with E-state index in [4.69, 9.17) is 22.1 Å². The van der Waals surface area contributed by atoms with E-state index in [1.54, 1.807) is 37.3 Å². The molecule has 3 rings (SSSR count). The molecule has 31 heavy (non-hydrogen) atoms. The van der Waals surface area contributed by atoms with Gasteiger partial charge in [-0.2, -0.15) is 0 Å². The smallest absolute Gasteiger partial charge is 0.326 e. The Balaban J connectivity index is 1.91. The molecule has 1 heterocycles. The second kappa shape index (κ2) is 9.20. The summed E-state index contributed by atoms with van der Waals surface area (Å²) in [5.74, 6) is -0.801. The Morgan fingerprint density at radius 2 is 1.90 bits per heavy atom. The third kappa shape index (κ3) is 5.05. The highest BCUT2D eigenvalue weighted by atomic mass is 32.2. The SMILES string of the molecule is CCOC(=O)Cn1c(O)c(N=NC(=S)Nc2ccccc2S(N)(=O)=O)c2ccccc21. The van der Waals surface area contributed by atoms with Crippen molar-refractivity contribution in [3.63, 3.8) is 0 Å². The molecule has 12 heteroatoms. The summed E-state index contributed by atoms with van der Waals surface area (Å²) in [4.78, 5) is 11.8. The molecule has 0 saturated carbocycles. The molecule has 0 unspecified atom stereocenters. The van der Waals surface area contributed by atoms with Crippen LogP contribution >= 0.6 is 12.2 Å². The molecule has 0 amide bonds. The number of hydrogen-bond acceptors (Lipinski definition) is 7. The third-order valence-corrected chi connectivity index (χ3v) is 5.34. The number of ether oxygens (including phenoxy) is 1. The second-order valence-corrected chi connectivity index (χ2v) is 8.17. The van der Waals surface area contributed by atoms with Gasteiger partial charge in [0, 0.05) is 5.39 Å². The zero-order valence-electron chi connectivity index (χ0n) is 16.3. The van der Waals surface area contributed by atoms with Gasteiger partial charge in [0.2, 0.25) is 21.0 Å². The zero-order valence-corrected chi connectivity index (χ0v) is 18.0. The molecule has 0 saturated heterocycles. The first-order valence-electron chi connectivity index (χ1n) is 9.02. The number of carbonyl (C=O) groups excluding carboxylic acids is 1. The largest absolute Gasteiger partial charge is 0.493 e. The summed E-state index contributed by atoms with van der Waals surface area (Å²) in [6, 6.07) is 12.8. The van der Waals surface area contributed by atoms with Gasteiger partial charge in [-0.25, -0.2) is 13.6 Å². The quantitative estimate of drug-likeness (QED) is 0.290. The topological polar surface area (TPSA) is 148 Å². The Morgan fingerprint density at radius 1 is 1.23 bits per heavy atom. The van der Waals surface area contributed by atoms with Crippen LogP contribution in [0.25, 0.3) is 10.9 Å². The molecule has 0 spiro atoms. The van der Waals surface area contributed by atoms with Crippen LogP contribution in [-0.2, 0) is 26.1 Å². The second-order valence-electron chi connectivity index (χ2n) is 6.25. The van der Waals surface area contributed by atoms with E-state index >= 15 is 0 Å². The molecule has 0 fully saturated rings. The molecule has 162 valence electrons. The Labute approximate surface area is 183 Å². The van der Waals surface area contributed by atoms with Gasteiger partial charge in [0.1, 0.15) is 11.4 Å². The first kappa shape index (κ1) is 22.3. The van der Waals surface area contributed by atoms with Gasteiger partial charge < -0.3 is 15.2 Å². The number of carbonyl (C=O) groups is 1. The summed E-state index contributed by atoms with van der Waals surface area (Å²) in [5.41, 5.74) is 0.798. The van der Waals surface area contributed by atoms with E-state index in [0.29, 0.717) is 10.9 Å². The molecule has 1 aromatic heterocycles. The Morgan fingerprint density at radius 3 is 2.61 bits per heavy atom. The Bertz CT molecular complexity index is 1280. The van der Waals surface area contributed by atoms with Crippen molar-refractivity contribution in [3.05, 3.63) is 48.5 Å². The maximum Gasteiger partial charge on any atom is 0.326 e. The van der Waals surface area contributed by atoms with Gasteiger partial charge in [-0.1, -0.05) is 30.3 Å². The maximum absolute atomic E-state index is 11.9. The summed E-state index contributed by atoms with van der Waals surface area (Å²) >= 11 is 5.13. The molecule has 2 aromatic carbocycles. The fourth-order valence-electron chi connectivity index (χ4n) is 2.92. The lowest BCUT2D eigenvalue weighted by Crippen LogP contribution is -2.16. The van der Waals surface area contributed by atoms with Crippen LogP contribution in [0.3, 0.4) is 0 Å². The predicted octanol–water partition coefficient (Wildman–Crippen LogP) is 3.04. The number of aromatic nitrogens is 1. The molecular formula is C19H19N5O5S2. The van der Waals surface area contributed by atoms with E-state index in [1.165, 1.54) is 22.8 Å². The van der Waals surface area contributed by atoms with Gasteiger partial charge in [-0.3, -0.25) is 9.36 Å². The normalized spacial score (nSPS) is 11.7. The zero-order chi connectivity index (χ0) is 22.6. The summed E-state index contributed by atoms with van der Waals surface area (Å²) in [7, 11) is -3.98. The molecule has 4 N–H and O–H groups in total. The summed E-state index contributed by atoms with van der Waals surface area (Å²) in [6.45, 7) is 1.69. The molecule has 0 atom stereocenters. The number of nitrogens with one attached hydrogen (secondary N) is 1. The number of anilines is 1. The lowest BCUT2D eigenvalue weighted by Gasteiger charge is -2.08. The van der Waals surface area contributed by atoms with Crippen molar-refractivity contribution in [3.8, 4) is 5.88 Å². The summed E-state index contributed by atoms with van der Waals surface area (Å²) in [6.07, 6.45) is 0. The molecule has 0 aliphatic rings. The van der Waals surface area contributed by atoms with Crippen LogP contribution in [0.5, 0.6) is 5.88 Å². The molecular weight excluding hydrogens is 442 g/mol. The minimum absolute atomic E-state index is 0.101. The van der Waals surface area contributed by atoms with E-state index in [2.05, 4.69) is 15.5 Å². The number of aromatic hydroxyl groups is 1. The number of nitrogens with two attached hydrogens (primary N) is 1. The summed E-state index contributed by atoms with van der Waals surface area (Å²) < 4.78 is 29.7. The van der Waals surface area contributed by atoms with Crippen LogP contribution in [0.1, 0.15) is 6.92 Å². The highest BCUT2D eigenvalue weighted by Gasteiger charge is 2.19. The molecule has 0 aliphatic carbocycles. The Kier molecular flexibility index (Phi) is 6.63. The first-order chi connectivity index (χ1) is 14.7. The van der Waals surface area contributed by atoms with Gasteiger partial charge in [0.25, 0.3) is 0 Å². The number of esters is 1. The van der Waals surface area contributed by atoms with Crippen molar-refractivity contribution in [2.75, 3.05) is 11.9 Å². The highest BCUT2D eigenvalue weighted by molar-refractivity contribution is 7.89. The van der Waals surface area contributed by atoms with E-state index < -0.39 is 16.0 Å². The van der Waals surface area contributed by atoms with Crippen molar-refractivity contribution < 1.29 is 23.1 Å². The van der Waals surface area contributed by atoms with Crippen LogP contribution in [0.15, 0.2) is 63.7 Å². The van der Waals surface area contributed by atoms with Gasteiger partial charge in [-0.15, -0.1) is 10.2 Å². The number of fused-ring (bicyclic) bond motifs is 1. The number of thiocarbonyl (C=S) groups is 1. The maximum atomic E-state index is 11.9. The summed E-state index contributed by atoms with van der Waals surface area (Å²) in [5, 5.41) is 26.8. The molecule has 10 nitrogen and oxygen atoms in total. The van der Waals surface area contributed by atoms with Crippen molar-refractivity contribution in [2.45, 2.75) is 18.4 Å². The molecule has 3 aromatic rings. The monoisotopic (exact) mass is 461 g/mol. The predicted molar refractivity (Wildman–Crippen MR) is 119 cm³/mol. The highest BCUT2D eigenvalue weighted by Crippen LogP contribution is 2.38. The number of nitrogens with zero attached hydrogens (tertiary/aromatic N) is 3. The van der Waals surface area contributed by atoms with Crippen LogP contribution < -0.4 is 10.5 Å². The molecule has 0 aliphatic heterocycles. The third-order valence-electron chi connectivity index (χ3n) is 4.19. The fraction of sp³-hybridized carbons (Fsp3) is 0.158. The van der Waals surface area contributed by atoms with Crippen molar-refractivity contribution in [1.82, 2.24) is 4.57 Å². The number of hydrogen-bond donors (Lipinski definition) is 3. The number of benzene rings is 2. The number of para-hydroxylation sites is 2. The van der Waals surface area contributed by atoms with Gasteiger partial charge >= 0.3 is 5.97 Å². The van der Waals surface area contributed by atoms with Crippen LogP contribution in [-0.4, -0.2) is 35.8 Å². The molecule has 0 bridgehead atoms. The van der Waals surface area contributed by atoms with Gasteiger partial charge in [0.05, 0.1) is 17.8 Å². The number of sulfonamides is 1. The van der Waals surface area contributed by atoms with E-state index in [9.17, 15) is 18.3 Å². The fourth-order valence-corrected chi connectivity index (χ4v) is 3.76. The number of azo groups is 1. The molecule has 0 radical (unpaired) electrons. The van der Waals surface area contributed by atoms with Gasteiger partial charge in [-0.05, 0) is 37.3 Å². The van der Waals surface area contributed by atoms with Crippen molar-refractivity contribution in [2.24, 2.45) is 15.4 Å². The van der Waals surface area contributed by atoms with Crippen LogP contribution in [0.4, 0.5) is 11.4 Å². The van der Waals surface area contributed by atoms with E-state index in [1.807, 2.05) is 0 Å². The van der Waals surface area contributed by atoms with Crippen molar-refractivity contribution in [1.29, 1.82) is 0 Å². The lowest BCUT2D eigenvalue weighted by atomic mass is 10.2. The first-order valence-corrected chi connectivity index (χ1v) is 11.0. The number of primary sulfonamides is 1. The minimum atomic E-state index is -3.98. The minimum Gasteiger partial charge on any atom is -0.493 e. The lowest BCUT2D eigenvalue weighted by molar-refractivity contribution is -0.143. The number of rotatable bonds is 6. The standard InChI is InChI=1S/C19H19N5O5S2/c1-2-29-16(25)11-24-14-9-5-3-7-12(14)17(18(24)26)22-23-19(30)21-13-8-4-6-10-15(13)31(20,27)28/h3-10,26H,2,11H2,1H3,(H,21,30)(H2,20,27,28). The van der Waals surface area contributed by atoms with E-state index in [0.717, 1.165) is 0 Å². The van der Waals surface area contributed by atoms with Crippen LogP contribution in [0.2, 0.25) is 0 Å².